The normalized spacial score (nSPS) is 15.1. The molecule has 0 heterocycles. The van der Waals surface area contributed by atoms with Gasteiger partial charge in [0.2, 0.25) is 0 Å². The van der Waals surface area contributed by atoms with Crippen LogP contribution in [0.3, 0.4) is 0 Å². The number of nitrogens with zero attached hydrogens (tertiary/aromatic N) is 1. The number of aryl methyl sites for hydroxylation is 2. The molecule has 0 saturated heterocycles. The second-order valence-electron chi connectivity index (χ2n) is 6.41. The number of rotatable bonds is 8. The first kappa shape index (κ1) is 20.0. The molecule has 140 valence electrons. The van der Waals surface area contributed by atoms with Crippen LogP contribution in [0.4, 0.5) is 0 Å². The number of hydrogen-bond acceptors (Lipinski definition) is 5. The van der Waals surface area contributed by atoms with Crippen molar-refractivity contribution in [1.29, 1.82) is 5.26 Å². The molecule has 0 radical (unpaired) electrons. The summed E-state index contributed by atoms with van der Waals surface area (Å²) >= 11 is 0. The van der Waals surface area contributed by atoms with Crippen molar-refractivity contribution in [2.45, 2.75) is 44.9 Å². The van der Waals surface area contributed by atoms with Gasteiger partial charge in [-0.15, -0.1) is 0 Å². The minimum atomic E-state index is -0.441. The van der Waals surface area contributed by atoms with E-state index < -0.39 is 12.2 Å². The van der Waals surface area contributed by atoms with Gasteiger partial charge >= 0.3 is 0 Å². The van der Waals surface area contributed by atoms with Gasteiger partial charge in [0.25, 0.3) is 5.91 Å². The van der Waals surface area contributed by atoms with Crippen molar-refractivity contribution in [2.75, 3.05) is 20.8 Å². The Morgan fingerprint density at radius 1 is 1.27 bits per heavy atom. The molecule has 0 saturated carbocycles. The molecule has 1 aromatic carbocycles. The number of carbonyl (C=O) groups excluding carboxylic acids is 1. The van der Waals surface area contributed by atoms with Crippen LogP contribution in [-0.2, 0) is 27.1 Å². The summed E-state index contributed by atoms with van der Waals surface area (Å²) in [6, 6.07) is 8.15. The van der Waals surface area contributed by atoms with Crippen LogP contribution in [0.5, 0.6) is 0 Å². The second-order valence-corrected chi connectivity index (χ2v) is 6.41. The molecule has 6 heteroatoms. The molecule has 26 heavy (non-hydrogen) atoms. The van der Waals surface area contributed by atoms with Gasteiger partial charge in [0.1, 0.15) is 11.6 Å². The maximum Gasteiger partial charge on any atom is 0.263 e. The Labute approximate surface area is 155 Å². The number of nitriles is 1. The van der Waals surface area contributed by atoms with Gasteiger partial charge in [-0.25, -0.2) is 0 Å². The number of carbonyl (C=O) groups is 1. The molecule has 0 bridgehead atoms. The topological polar surface area (TPSA) is 83.4 Å². The number of amides is 1. The molecular weight excluding hydrogens is 330 g/mol. The summed E-state index contributed by atoms with van der Waals surface area (Å²) in [7, 11) is 3.05. The fraction of sp³-hybridized carbons (Fsp3) is 0.500. The third-order valence-electron chi connectivity index (χ3n) is 4.64. The van der Waals surface area contributed by atoms with Crippen LogP contribution in [0.1, 0.15) is 42.5 Å². The lowest BCUT2D eigenvalue weighted by Gasteiger charge is -2.20. The van der Waals surface area contributed by atoms with Crippen LogP contribution in [0.15, 0.2) is 30.0 Å². The maximum atomic E-state index is 12.4. The highest BCUT2D eigenvalue weighted by Gasteiger charge is 2.16. The van der Waals surface area contributed by atoms with Gasteiger partial charge < -0.3 is 20.1 Å². The summed E-state index contributed by atoms with van der Waals surface area (Å²) in [4.78, 5) is 12.4. The van der Waals surface area contributed by atoms with Crippen LogP contribution in [0.25, 0.3) is 0 Å². The molecule has 1 aliphatic rings. The standard InChI is InChI=1S/C20H27N3O3/c1-14(16-9-8-15-6-4-5-7-17(15)10-16)23-20(24)18(11-21)12-22-13-19(25-2)26-3/h8-10,12,14,19,22H,4-7,13H2,1-3H3,(H,23,24)/b18-12-. The molecule has 2 N–H and O–H groups in total. The number of fused-ring (bicyclic) bond motifs is 1. The Hall–Kier alpha value is -2.36. The van der Waals surface area contributed by atoms with E-state index in [4.69, 9.17) is 9.47 Å². The molecule has 0 aliphatic heterocycles. The van der Waals surface area contributed by atoms with E-state index in [1.54, 1.807) is 0 Å². The molecule has 1 atom stereocenters. The smallest absolute Gasteiger partial charge is 0.263 e. The molecule has 1 aromatic rings. The van der Waals surface area contributed by atoms with E-state index >= 15 is 0 Å². The first-order chi connectivity index (χ1) is 12.6. The zero-order valence-electron chi connectivity index (χ0n) is 15.7. The lowest BCUT2D eigenvalue weighted by molar-refractivity contribution is -0.117. The second kappa shape index (κ2) is 9.95. The minimum absolute atomic E-state index is 0.0146. The van der Waals surface area contributed by atoms with E-state index in [-0.39, 0.29) is 11.6 Å². The van der Waals surface area contributed by atoms with Crippen LogP contribution in [-0.4, -0.2) is 33.0 Å². The quantitative estimate of drug-likeness (QED) is 0.424. The van der Waals surface area contributed by atoms with Crippen molar-refractivity contribution in [3.05, 3.63) is 46.7 Å². The van der Waals surface area contributed by atoms with E-state index in [0.29, 0.717) is 6.54 Å². The van der Waals surface area contributed by atoms with E-state index in [1.807, 2.05) is 13.0 Å². The zero-order valence-corrected chi connectivity index (χ0v) is 15.7. The zero-order chi connectivity index (χ0) is 18.9. The van der Waals surface area contributed by atoms with Crippen LogP contribution in [0, 0.1) is 11.3 Å². The predicted molar refractivity (Wildman–Crippen MR) is 99.1 cm³/mol. The summed E-state index contributed by atoms with van der Waals surface area (Å²) in [5.74, 6) is -0.406. The molecule has 0 fully saturated rings. The lowest BCUT2D eigenvalue weighted by Crippen LogP contribution is -2.30. The summed E-state index contributed by atoms with van der Waals surface area (Å²) in [5.41, 5.74) is 3.85. The Balaban J connectivity index is 1.97. The number of hydrogen-bond donors (Lipinski definition) is 2. The molecule has 6 nitrogen and oxygen atoms in total. The molecular formula is C20H27N3O3. The van der Waals surface area contributed by atoms with Crippen molar-refractivity contribution in [2.24, 2.45) is 0 Å². The summed E-state index contributed by atoms with van der Waals surface area (Å²) in [5, 5.41) is 15.0. The summed E-state index contributed by atoms with van der Waals surface area (Å²) in [6.45, 7) is 2.27. The minimum Gasteiger partial charge on any atom is -0.385 e. The van der Waals surface area contributed by atoms with Crippen molar-refractivity contribution in [3.8, 4) is 6.07 Å². The Morgan fingerprint density at radius 3 is 2.62 bits per heavy atom. The molecule has 1 aliphatic carbocycles. The van der Waals surface area contributed by atoms with Crippen LogP contribution < -0.4 is 10.6 Å². The average Bonchev–Trinajstić information content (AvgIpc) is 2.67. The first-order valence-electron chi connectivity index (χ1n) is 8.90. The fourth-order valence-corrected chi connectivity index (χ4v) is 3.05. The van der Waals surface area contributed by atoms with Gasteiger partial charge in [-0.2, -0.15) is 5.26 Å². The summed E-state index contributed by atoms with van der Waals surface area (Å²) in [6.07, 6.45) is 5.64. The largest absolute Gasteiger partial charge is 0.385 e. The number of benzene rings is 1. The molecule has 2 rings (SSSR count). The molecule has 0 aromatic heterocycles. The summed E-state index contributed by atoms with van der Waals surface area (Å²) < 4.78 is 10.1. The van der Waals surface area contributed by atoms with Crippen molar-refractivity contribution < 1.29 is 14.3 Å². The molecule has 1 amide bonds. The number of ether oxygens (including phenoxy) is 2. The van der Waals surface area contributed by atoms with Gasteiger partial charge in [-0.05, 0) is 49.3 Å². The van der Waals surface area contributed by atoms with E-state index in [1.165, 1.54) is 44.4 Å². The maximum absolute atomic E-state index is 12.4. The fourth-order valence-electron chi connectivity index (χ4n) is 3.05. The average molecular weight is 357 g/mol. The Kier molecular flexibility index (Phi) is 7.64. The van der Waals surface area contributed by atoms with Gasteiger partial charge in [0.15, 0.2) is 6.29 Å². The van der Waals surface area contributed by atoms with Crippen LogP contribution >= 0.6 is 0 Å². The van der Waals surface area contributed by atoms with E-state index in [2.05, 4.69) is 28.8 Å². The Bertz CT molecular complexity index is 690. The SMILES string of the molecule is COC(CN/C=C(/C#N)C(=O)NC(C)c1ccc2c(c1)CCCC2)OC. The first-order valence-corrected chi connectivity index (χ1v) is 8.90. The van der Waals surface area contributed by atoms with Gasteiger partial charge in [-0.1, -0.05) is 18.2 Å². The number of methoxy groups -OCH3 is 2. The van der Waals surface area contributed by atoms with Gasteiger partial charge in [-0.3, -0.25) is 4.79 Å². The van der Waals surface area contributed by atoms with E-state index in [0.717, 1.165) is 18.4 Å². The van der Waals surface area contributed by atoms with Gasteiger partial charge in [0, 0.05) is 20.4 Å². The van der Waals surface area contributed by atoms with Gasteiger partial charge in [0.05, 0.1) is 12.6 Å². The van der Waals surface area contributed by atoms with Crippen molar-refractivity contribution in [3.63, 3.8) is 0 Å². The highest BCUT2D eigenvalue weighted by Crippen LogP contribution is 2.24. The predicted octanol–water partition coefficient (Wildman–Crippen LogP) is 2.36. The third kappa shape index (κ3) is 5.32. The van der Waals surface area contributed by atoms with E-state index in [9.17, 15) is 10.1 Å². The van der Waals surface area contributed by atoms with Crippen LogP contribution in [0.2, 0.25) is 0 Å². The third-order valence-corrected chi connectivity index (χ3v) is 4.64. The molecule has 0 spiro atoms. The highest BCUT2D eigenvalue weighted by atomic mass is 16.7. The molecule has 1 unspecified atom stereocenters. The Morgan fingerprint density at radius 2 is 1.96 bits per heavy atom. The number of nitrogens with one attached hydrogen (secondary N) is 2. The van der Waals surface area contributed by atoms with Crippen molar-refractivity contribution in [1.82, 2.24) is 10.6 Å². The lowest BCUT2D eigenvalue weighted by atomic mass is 9.89. The van der Waals surface area contributed by atoms with Crippen molar-refractivity contribution >= 4 is 5.91 Å². The monoisotopic (exact) mass is 357 g/mol. The highest BCUT2D eigenvalue weighted by molar-refractivity contribution is 5.97.